The van der Waals surface area contributed by atoms with Crippen LogP contribution in [0.1, 0.15) is 23.7 Å². The van der Waals surface area contributed by atoms with Gasteiger partial charge in [-0.15, -0.1) is 0 Å². The van der Waals surface area contributed by atoms with Crippen molar-refractivity contribution in [1.29, 1.82) is 0 Å². The van der Waals surface area contributed by atoms with Gasteiger partial charge in [-0.05, 0) is 31.0 Å². The molecule has 5 nitrogen and oxygen atoms in total. The number of fused-ring (bicyclic) bond motifs is 1. The fourth-order valence-electron chi connectivity index (χ4n) is 2.73. The van der Waals surface area contributed by atoms with Crippen LogP contribution in [0.15, 0.2) is 30.6 Å². The number of aliphatic carboxylic acids is 1. The molecule has 3 rings (SSSR count). The van der Waals surface area contributed by atoms with Gasteiger partial charge in [-0.1, -0.05) is 13.0 Å². The number of aryl methyl sites for hydroxylation is 2. The molecule has 0 bridgehead atoms. The molecule has 2 N–H and O–H groups in total. The lowest BCUT2D eigenvalue weighted by Gasteiger charge is -2.15. The van der Waals surface area contributed by atoms with Gasteiger partial charge >= 0.3 is 5.97 Å². The van der Waals surface area contributed by atoms with Gasteiger partial charge in [0.05, 0.1) is 17.8 Å². The molecule has 0 radical (unpaired) electrons. The van der Waals surface area contributed by atoms with Crippen molar-refractivity contribution < 1.29 is 18.7 Å². The number of halogens is 2. The van der Waals surface area contributed by atoms with Crippen molar-refractivity contribution in [1.82, 2.24) is 9.38 Å². The number of carboxylic acid groups (broad SMARTS) is 1. The Kier molecular flexibility index (Phi) is 4.39. The monoisotopic (exact) mass is 345 g/mol. The van der Waals surface area contributed by atoms with Crippen molar-refractivity contribution in [3.05, 3.63) is 59.0 Å². The summed E-state index contributed by atoms with van der Waals surface area (Å²) in [6, 6.07) is 4.49. The van der Waals surface area contributed by atoms with Gasteiger partial charge in [0, 0.05) is 23.7 Å². The number of rotatable bonds is 5. The maximum absolute atomic E-state index is 15.0. The van der Waals surface area contributed by atoms with Gasteiger partial charge in [0.15, 0.2) is 11.5 Å². The molecule has 1 aromatic carbocycles. The highest BCUT2D eigenvalue weighted by molar-refractivity contribution is 5.77. The van der Waals surface area contributed by atoms with E-state index in [0.717, 1.165) is 11.3 Å². The van der Waals surface area contributed by atoms with E-state index in [4.69, 9.17) is 5.11 Å². The van der Waals surface area contributed by atoms with Crippen LogP contribution in [0.2, 0.25) is 0 Å². The summed E-state index contributed by atoms with van der Waals surface area (Å²) in [5.41, 5.74) is 1.76. The molecule has 25 heavy (non-hydrogen) atoms. The predicted octanol–water partition coefficient (Wildman–Crippen LogP) is 3.85. The van der Waals surface area contributed by atoms with Crippen LogP contribution in [-0.4, -0.2) is 20.5 Å². The second-order valence-corrected chi connectivity index (χ2v) is 5.82. The molecule has 0 aliphatic carbocycles. The van der Waals surface area contributed by atoms with E-state index in [-0.39, 0.29) is 22.6 Å². The summed E-state index contributed by atoms with van der Waals surface area (Å²) in [7, 11) is 0. The summed E-state index contributed by atoms with van der Waals surface area (Å²) in [5, 5.41) is 11.8. The molecule has 0 saturated heterocycles. The number of carboxylic acids is 1. The van der Waals surface area contributed by atoms with E-state index in [1.165, 1.54) is 22.7 Å². The Morgan fingerprint density at radius 3 is 2.76 bits per heavy atom. The van der Waals surface area contributed by atoms with E-state index in [0.29, 0.717) is 6.42 Å². The molecule has 0 atom stereocenters. The van der Waals surface area contributed by atoms with E-state index in [1.807, 2.05) is 6.92 Å². The van der Waals surface area contributed by atoms with Gasteiger partial charge in [0.1, 0.15) is 5.82 Å². The molecule has 2 aromatic heterocycles. The van der Waals surface area contributed by atoms with Crippen LogP contribution < -0.4 is 5.32 Å². The number of hydrogen-bond donors (Lipinski definition) is 2. The minimum Gasteiger partial charge on any atom is -0.481 e. The third-order valence-corrected chi connectivity index (χ3v) is 3.98. The van der Waals surface area contributed by atoms with Crippen LogP contribution in [0.5, 0.6) is 0 Å². The Labute approximate surface area is 142 Å². The topological polar surface area (TPSA) is 66.6 Å². The van der Waals surface area contributed by atoms with Gasteiger partial charge < -0.3 is 14.8 Å². The third kappa shape index (κ3) is 3.17. The maximum atomic E-state index is 15.0. The van der Waals surface area contributed by atoms with E-state index in [2.05, 4.69) is 10.3 Å². The van der Waals surface area contributed by atoms with E-state index >= 15 is 0 Å². The van der Waals surface area contributed by atoms with Crippen molar-refractivity contribution in [2.75, 3.05) is 5.32 Å². The van der Waals surface area contributed by atoms with Crippen LogP contribution in [0, 0.1) is 18.6 Å². The standard InChI is InChI=1S/C18H17F2N3O2/c1-3-12-8-21-18-16(20)17(11(7-15(24)25)9-23(12)18)22-14-5-4-10(2)6-13(14)19/h4-6,8-9,22H,3,7H2,1-2H3,(H,24,25). The summed E-state index contributed by atoms with van der Waals surface area (Å²) in [6.07, 6.45) is 3.29. The van der Waals surface area contributed by atoms with Crippen LogP contribution in [-0.2, 0) is 17.6 Å². The summed E-state index contributed by atoms with van der Waals surface area (Å²) < 4.78 is 30.6. The average molecular weight is 345 g/mol. The van der Waals surface area contributed by atoms with Gasteiger partial charge in [-0.2, -0.15) is 0 Å². The number of nitrogens with zero attached hydrogens (tertiary/aromatic N) is 2. The van der Waals surface area contributed by atoms with Crippen LogP contribution in [0.3, 0.4) is 0 Å². The van der Waals surface area contributed by atoms with Gasteiger partial charge in [0.25, 0.3) is 0 Å². The highest BCUT2D eigenvalue weighted by atomic mass is 19.1. The van der Waals surface area contributed by atoms with Crippen molar-refractivity contribution in [3.8, 4) is 0 Å². The van der Waals surface area contributed by atoms with Crippen LogP contribution >= 0.6 is 0 Å². The van der Waals surface area contributed by atoms with E-state index < -0.39 is 24.0 Å². The number of hydrogen-bond acceptors (Lipinski definition) is 3. The summed E-state index contributed by atoms with van der Waals surface area (Å²) >= 11 is 0. The lowest BCUT2D eigenvalue weighted by Crippen LogP contribution is -2.09. The molecule has 0 spiro atoms. The lowest BCUT2D eigenvalue weighted by atomic mass is 10.1. The molecule has 0 amide bonds. The van der Waals surface area contributed by atoms with Crippen molar-refractivity contribution in [2.24, 2.45) is 0 Å². The Bertz CT molecular complexity index is 967. The quantitative estimate of drug-likeness (QED) is 0.737. The summed E-state index contributed by atoms with van der Waals surface area (Å²) in [4.78, 5) is 15.2. The Morgan fingerprint density at radius 2 is 2.12 bits per heavy atom. The third-order valence-electron chi connectivity index (χ3n) is 3.98. The smallest absolute Gasteiger partial charge is 0.307 e. The van der Waals surface area contributed by atoms with Gasteiger partial charge in [0.2, 0.25) is 0 Å². The molecule has 0 fully saturated rings. The molecule has 130 valence electrons. The first-order chi connectivity index (χ1) is 11.9. The largest absolute Gasteiger partial charge is 0.481 e. The van der Waals surface area contributed by atoms with E-state index in [1.54, 1.807) is 19.2 Å². The molecule has 0 aliphatic rings. The second-order valence-electron chi connectivity index (χ2n) is 5.82. The number of anilines is 2. The zero-order chi connectivity index (χ0) is 18.1. The fraction of sp³-hybridized carbons (Fsp3) is 0.222. The van der Waals surface area contributed by atoms with Gasteiger partial charge in [-0.3, -0.25) is 4.79 Å². The Balaban J connectivity index is 2.17. The second kappa shape index (κ2) is 6.51. The SMILES string of the molecule is CCc1cnc2c(F)c(Nc3ccc(C)cc3F)c(CC(=O)O)cn12. The zero-order valence-electron chi connectivity index (χ0n) is 13.8. The normalized spacial score (nSPS) is 11.0. The molecule has 0 unspecified atom stereocenters. The van der Waals surface area contributed by atoms with E-state index in [9.17, 15) is 13.6 Å². The van der Waals surface area contributed by atoms with Crippen molar-refractivity contribution in [2.45, 2.75) is 26.7 Å². The zero-order valence-corrected chi connectivity index (χ0v) is 13.8. The Hall–Kier alpha value is -2.96. The molecule has 7 heteroatoms. The highest BCUT2D eigenvalue weighted by Gasteiger charge is 2.19. The highest BCUT2D eigenvalue weighted by Crippen LogP contribution is 2.30. The van der Waals surface area contributed by atoms with Gasteiger partial charge in [-0.25, -0.2) is 13.8 Å². The number of nitrogens with one attached hydrogen (secondary N) is 1. The predicted molar refractivity (Wildman–Crippen MR) is 90.3 cm³/mol. The number of pyridine rings is 1. The van der Waals surface area contributed by atoms with Crippen LogP contribution in [0.25, 0.3) is 5.65 Å². The first kappa shape index (κ1) is 16.9. The first-order valence-electron chi connectivity index (χ1n) is 7.83. The number of aromatic nitrogens is 2. The Morgan fingerprint density at radius 1 is 1.36 bits per heavy atom. The minimum atomic E-state index is -1.11. The number of carbonyl (C=O) groups is 1. The molecule has 0 aliphatic heterocycles. The lowest BCUT2D eigenvalue weighted by molar-refractivity contribution is -0.136. The van der Waals surface area contributed by atoms with Crippen molar-refractivity contribution in [3.63, 3.8) is 0 Å². The maximum Gasteiger partial charge on any atom is 0.307 e. The molecule has 3 aromatic rings. The minimum absolute atomic E-state index is 0.0704. The summed E-state index contributed by atoms with van der Waals surface area (Å²) in [5.74, 6) is -2.36. The summed E-state index contributed by atoms with van der Waals surface area (Å²) in [6.45, 7) is 3.64. The molecular weight excluding hydrogens is 328 g/mol. The molecule has 2 heterocycles. The number of benzene rings is 1. The number of imidazole rings is 1. The fourth-order valence-corrected chi connectivity index (χ4v) is 2.73. The average Bonchev–Trinajstić information content (AvgIpc) is 2.95. The van der Waals surface area contributed by atoms with Crippen molar-refractivity contribution >= 4 is 23.0 Å². The van der Waals surface area contributed by atoms with Crippen LogP contribution in [0.4, 0.5) is 20.2 Å². The molecule has 0 saturated carbocycles. The molecular formula is C18H17F2N3O2. The first-order valence-corrected chi connectivity index (χ1v) is 7.83.